The van der Waals surface area contributed by atoms with E-state index in [1.165, 1.54) is 7.11 Å². The number of ether oxygens (including phenoxy) is 2. The third-order valence-corrected chi connectivity index (χ3v) is 4.70. The van der Waals surface area contributed by atoms with Gasteiger partial charge in [0.05, 0.1) is 18.7 Å². The molecule has 1 aliphatic rings. The zero-order valence-corrected chi connectivity index (χ0v) is 14.6. The van der Waals surface area contributed by atoms with E-state index >= 15 is 0 Å². The van der Waals surface area contributed by atoms with Gasteiger partial charge in [0, 0.05) is 17.5 Å². The maximum atomic E-state index is 11.7. The molecule has 1 aromatic heterocycles. The maximum absolute atomic E-state index is 11.7. The van der Waals surface area contributed by atoms with E-state index in [2.05, 4.69) is 10.3 Å². The van der Waals surface area contributed by atoms with E-state index in [1.54, 1.807) is 24.4 Å². The molecule has 138 valence electrons. The number of pyridine rings is 1. The number of rotatable bonds is 6. The van der Waals surface area contributed by atoms with Crippen LogP contribution in [0.5, 0.6) is 11.6 Å². The van der Waals surface area contributed by atoms with Gasteiger partial charge < -0.3 is 25.6 Å². The van der Waals surface area contributed by atoms with Crippen molar-refractivity contribution in [2.75, 3.05) is 13.7 Å². The van der Waals surface area contributed by atoms with Gasteiger partial charge in [0.1, 0.15) is 18.5 Å². The Balaban J connectivity index is 1.89. The molecule has 0 aliphatic carbocycles. The zero-order chi connectivity index (χ0) is 18.8. The number of carbonyl (C=O) groups excluding carboxylic acids is 2. The Labute approximate surface area is 150 Å². The first-order chi connectivity index (χ1) is 12.5. The topological polar surface area (TPSA) is 124 Å². The minimum absolute atomic E-state index is 0.174. The second-order valence-corrected chi connectivity index (χ2v) is 6.20. The predicted molar refractivity (Wildman–Crippen MR) is 94.0 cm³/mol. The number of nitrogens with two attached hydrogens (primary N) is 1. The summed E-state index contributed by atoms with van der Waals surface area (Å²) in [4.78, 5) is 27.5. The van der Waals surface area contributed by atoms with Crippen LogP contribution in [-0.4, -0.2) is 47.8 Å². The van der Waals surface area contributed by atoms with Crippen molar-refractivity contribution in [1.29, 1.82) is 0 Å². The molecule has 0 saturated carbocycles. The third kappa shape index (κ3) is 3.15. The van der Waals surface area contributed by atoms with Crippen LogP contribution in [0.3, 0.4) is 0 Å². The van der Waals surface area contributed by atoms with Gasteiger partial charge in [0.2, 0.25) is 11.8 Å². The van der Waals surface area contributed by atoms with Crippen LogP contribution in [0, 0.1) is 5.92 Å². The van der Waals surface area contributed by atoms with E-state index in [-0.39, 0.29) is 30.0 Å². The highest BCUT2D eigenvalue weighted by Crippen LogP contribution is 2.31. The highest BCUT2D eigenvalue weighted by atomic mass is 16.5. The van der Waals surface area contributed by atoms with Crippen molar-refractivity contribution in [2.24, 2.45) is 11.7 Å². The first kappa shape index (κ1) is 17.9. The van der Waals surface area contributed by atoms with E-state index in [0.717, 1.165) is 5.39 Å². The lowest BCUT2D eigenvalue weighted by molar-refractivity contribution is -0.127. The second kappa shape index (κ2) is 7.17. The van der Waals surface area contributed by atoms with Gasteiger partial charge in [-0.2, -0.15) is 0 Å². The van der Waals surface area contributed by atoms with Gasteiger partial charge in [0.15, 0.2) is 0 Å². The number of aliphatic hydroxyl groups is 1. The molecule has 3 rings (SSSR count). The van der Waals surface area contributed by atoms with Crippen LogP contribution in [0.4, 0.5) is 0 Å². The summed E-state index contributed by atoms with van der Waals surface area (Å²) in [5, 5.41) is 14.0. The lowest BCUT2D eigenvalue weighted by atomic mass is 9.96. The molecule has 0 bridgehead atoms. The number of benzene rings is 1. The van der Waals surface area contributed by atoms with Crippen molar-refractivity contribution in [3.8, 4) is 11.6 Å². The summed E-state index contributed by atoms with van der Waals surface area (Å²) in [6.45, 7) is 2.08. The molecule has 4 N–H and O–H groups in total. The molecule has 1 aromatic carbocycles. The Morgan fingerprint density at radius 1 is 1.42 bits per heavy atom. The van der Waals surface area contributed by atoms with Crippen molar-refractivity contribution in [2.45, 2.75) is 25.5 Å². The van der Waals surface area contributed by atoms with Gasteiger partial charge in [-0.15, -0.1) is 0 Å². The molecular formula is C18H21N3O5. The molecule has 0 spiro atoms. The number of hydrogen-bond donors (Lipinski definition) is 3. The standard InChI is InChI=1S/C18H21N3O5/c1-3-10-13(21-17(24)15(10)22)8-26-18-11-7-14(25-2)12(16(19)23)6-9(11)4-5-20-18/h4-7,10,13,15,22H,3,8H2,1-2H3,(H2,19,23)(H,21,24)/t10-,13+,15?/m0/s1. The third-order valence-electron chi connectivity index (χ3n) is 4.70. The van der Waals surface area contributed by atoms with Crippen LogP contribution in [0.25, 0.3) is 10.8 Å². The number of nitrogens with one attached hydrogen (secondary N) is 1. The van der Waals surface area contributed by atoms with E-state index in [9.17, 15) is 14.7 Å². The number of hydrogen-bond acceptors (Lipinski definition) is 6. The molecule has 8 heteroatoms. The number of aromatic nitrogens is 1. The number of fused-ring (bicyclic) bond motifs is 1. The first-order valence-electron chi connectivity index (χ1n) is 8.34. The fourth-order valence-electron chi connectivity index (χ4n) is 3.28. The molecule has 1 aliphatic heterocycles. The number of carbonyl (C=O) groups is 2. The molecule has 1 fully saturated rings. The number of amides is 2. The quantitative estimate of drug-likeness (QED) is 0.694. The molecule has 3 atom stereocenters. The molecule has 26 heavy (non-hydrogen) atoms. The number of methoxy groups -OCH3 is 1. The Hall–Kier alpha value is -2.87. The van der Waals surface area contributed by atoms with E-state index in [1.807, 2.05) is 6.92 Å². The highest BCUT2D eigenvalue weighted by molar-refractivity contribution is 6.01. The fraction of sp³-hybridized carbons (Fsp3) is 0.389. The Bertz CT molecular complexity index is 854. The maximum Gasteiger partial charge on any atom is 0.252 e. The van der Waals surface area contributed by atoms with Crippen molar-refractivity contribution in [3.63, 3.8) is 0 Å². The molecule has 1 saturated heterocycles. The van der Waals surface area contributed by atoms with Gasteiger partial charge in [0.25, 0.3) is 5.91 Å². The summed E-state index contributed by atoms with van der Waals surface area (Å²) in [6.07, 6.45) is 1.19. The minimum atomic E-state index is -1.02. The molecule has 1 unspecified atom stereocenters. The smallest absolute Gasteiger partial charge is 0.252 e. The second-order valence-electron chi connectivity index (χ2n) is 6.20. The molecular weight excluding hydrogens is 338 g/mol. The summed E-state index contributed by atoms with van der Waals surface area (Å²) >= 11 is 0. The average molecular weight is 359 g/mol. The molecule has 2 aromatic rings. The van der Waals surface area contributed by atoms with Crippen LogP contribution >= 0.6 is 0 Å². The van der Waals surface area contributed by atoms with Gasteiger partial charge in [-0.1, -0.05) is 6.92 Å². The lowest BCUT2D eigenvalue weighted by Gasteiger charge is -2.19. The monoisotopic (exact) mass is 359 g/mol. The number of nitrogens with zero attached hydrogens (tertiary/aromatic N) is 1. The number of primary amides is 1. The van der Waals surface area contributed by atoms with E-state index < -0.39 is 12.0 Å². The van der Waals surface area contributed by atoms with Gasteiger partial charge in [-0.25, -0.2) is 4.98 Å². The normalized spacial score (nSPS) is 22.3. The van der Waals surface area contributed by atoms with Gasteiger partial charge in [-0.3, -0.25) is 9.59 Å². The Morgan fingerprint density at radius 2 is 2.19 bits per heavy atom. The zero-order valence-electron chi connectivity index (χ0n) is 14.6. The van der Waals surface area contributed by atoms with Gasteiger partial charge in [-0.05, 0) is 30.0 Å². The molecule has 2 heterocycles. The summed E-state index contributed by atoms with van der Waals surface area (Å²) in [7, 11) is 1.45. The molecule has 8 nitrogen and oxygen atoms in total. The average Bonchev–Trinajstić information content (AvgIpc) is 2.91. The summed E-state index contributed by atoms with van der Waals surface area (Å²) in [5.41, 5.74) is 5.66. The summed E-state index contributed by atoms with van der Waals surface area (Å²) in [5.74, 6) is -0.504. The van der Waals surface area contributed by atoms with E-state index in [0.29, 0.717) is 23.4 Å². The summed E-state index contributed by atoms with van der Waals surface area (Å²) < 4.78 is 11.1. The van der Waals surface area contributed by atoms with Crippen LogP contribution in [0.2, 0.25) is 0 Å². The molecule has 0 radical (unpaired) electrons. The van der Waals surface area contributed by atoms with Crippen molar-refractivity contribution in [1.82, 2.24) is 10.3 Å². The Morgan fingerprint density at radius 3 is 2.85 bits per heavy atom. The van der Waals surface area contributed by atoms with E-state index in [4.69, 9.17) is 15.2 Å². The predicted octanol–water partition coefficient (Wildman–Crippen LogP) is 0.607. The van der Waals surface area contributed by atoms with Crippen LogP contribution in [0.1, 0.15) is 23.7 Å². The van der Waals surface area contributed by atoms with Gasteiger partial charge >= 0.3 is 0 Å². The first-order valence-corrected chi connectivity index (χ1v) is 8.34. The van der Waals surface area contributed by atoms with Crippen molar-refractivity contribution >= 4 is 22.6 Å². The number of aliphatic hydroxyl groups excluding tert-OH is 1. The van der Waals surface area contributed by atoms with Crippen LogP contribution in [0.15, 0.2) is 24.4 Å². The SMILES string of the molecule is CC[C@@H]1C(O)C(=O)N[C@@H]1COc1nccc2cc(C(N)=O)c(OC)cc12. The van der Waals surface area contributed by atoms with Crippen molar-refractivity contribution in [3.05, 3.63) is 30.0 Å². The largest absolute Gasteiger partial charge is 0.496 e. The van der Waals surface area contributed by atoms with Crippen LogP contribution < -0.4 is 20.5 Å². The minimum Gasteiger partial charge on any atom is -0.496 e. The highest BCUT2D eigenvalue weighted by Gasteiger charge is 2.40. The van der Waals surface area contributed by atoms with Crippen LogP contribution in [-0.2, 0) is 4.79 Å². The summed E-state index contributed by atoms with van der Waals surface area (Å²) in [6, 6.07) is 4.72. The lowest BCUT2D eigenvalue weighted by Crippen LogP contribution is -2.35. The Kier molecular flexibility index (Phi) is 4.94. The van der Waals surface area contributed by atoms with Crippen molar-refractivity contribution < 1.29 is 24.2 Å². The fourth-order valence-corrected chi connectivity index (χ4v) is 3.28. The molecule has 2 amide bonds.